The van der Waals surface area contributed by atoms with Gasteiger partial charge in [0.25, 0.3) is 0 Å². The molecule has 156 valence electrons. The van der Waals surface area contributed by atoms with Crippen molar-refractivity contribution in [2.75, 3.05) is 46.3 Å². The molecule has 2 amide bonds. The lowest BCUT2D eigenvalue weighted by Gasteiger charge is -2.38. The van der Waals surface area contributed by atoms with Gasteiger partial charge in [0.1, 0.15) is 5.82 Å². The van der Waals surface area contributed by atoms with Gasteiger partial charge in [-0.25, -0.2) is 4.39 Å². The normalized spacial score (nSPS) is 16.8. The third kappa shape index (κ3) is 6.87. The maximum absolute atomic E-state index is 13.3. The SMILES string of the molecule is CC(C)CNC(=O)CN1CCN(C(C)C(=O)N(C)Cc2cccc(F)c2)CC1. The van der Waals surface area contributed by atoms with E-state index in [1.807, 2.05) is 13.0 Å². The molecule has 1 unspecified atom stereocenters. The molecule has 28 heavy (non-hydrogen) atoms. The molecule has 1 aliphatic heterocycles. The highest BCUT2D eigenvalue weighted by atomic mass is 19.1. The van der Waals surface area contributed by atoms with Crippen LogP contribution in [0.1, 0.15) is 26.3 Å². The average Bonchev–Trinajstić information content (AvgIpc) is 2.66. The van der Waals surface area contributed by atoms with Crippen molar-refractivity contribution in [3.63, 3.8) is 0 Å². The molecule has 0 bridgehead atoms. The zero-order valence-corrected chi connectivity index (χ0v) is 17.4. The van der Waals surface area contributed by atoms with Crippen LogP contribution in [0.3, 0.4) is 0 Å². The Hall–Kier alpha value is -1.99. The van der Waals surface area contributed by atoms with Gasteiger partial charge in [0.15, 0.2) is 0 Å². The molecule has 2 rings (SSSR count). The molecule has 1 heterocycles. The fourth-order valence-corrected chi connectivity index (χ4v) is 3.35. The lowest BCUT2D eigenvalue weighted by molar-refractivity contribution is -0.136. The van der Waals surface area contributed by atoms with Crippen molar-refractivity contribution in [3.05, 3.63) is 35.6 Å². The summed E-state index contributed by atoms with van der Waals surface area (Å²) in [5.74, 6) is 0.227. The number of likely N-dealkylation sites (N-methyl/N-ethyl adjacent to an activating group) is 1. The fraction of sp³-hybridized carbons (Fsp3) is 0.619. The quantitative estimate of drug-likeness (QED) is 0.730. The van der Waals surface area contributed by atoms with E-state index in [0.29, 0.717) is 25.6 Å². The van der Waals surface area contributed by atoms with Crippen molar-refractivity contribution in [3.8, 4) is 0 Å². The van der Waals surface area contributed by atoms with Crippen LogP contribution in [0.2, 0.25) is 0 Å². The van der Waals surface area contributed by atoms with Gasteiger partial charge < -0.3 is 10.2 Å². The van der Waals surface area contributed by atoms with Gasteiger partial charge in [0, 0.05) is 46.3 Å². The van der Waals surface area contributed by atoms with E-state index in [2.05, 4.69) is 29.0 Å². The molecule has 1 N–H and O–H groups in total. The number of carbonyl (C=O) groups excluding carboxylic acids is 2. The number of nitrogens with one attached hydrogen (secondary N) is 1. The molecule has 0 aliphatic carbocycles. The first-order chi connectivity index (χ1) is 13.3. The number of halogens is 1. The molecule has 7 heteroatoms. The zero-order chi connectivity index (χ0) is 20.7. The molecular weight excluding hydrogens is 359 g/mol. The maximum atomic E-state index is 13.3. The van der Waals surface area contributed by atoms with E-state index >= 15 is 0 Å². The van der Waals surface area contributed by atoms with Gasteiger partial charge in [-0.2, -0.15) is 0 Å². The topological polar surface area (TPSA) is 55.9 Å². The first-order valence-electron chi connectivity index (χ1n) is 9.98. The van der Waals surface area contributed by atoms with Gasteiger partial charge in [0.2, 0.25) is 11.8 Å². The monoisotopic (exact) mass is 392 g/mol. The second-order valence-electron chi connectivity index (χ2n) is 8.01. The Morgan fingerprint density at radius 2 is 1.86 bits per heavy atom. The van der Waals surface area contributed by atoms with E-state index in [4.69, 9.17) is 0 Å². The number of hydrogen-bond donors (Lipinski definition) is 1. The summed E-state index contributed by atoms with van der Waals surface area (Å²) in [6.45, 7) is 10.6. The summed E-state index contributed by atoms with van der Waals surface area (Å²) >= 11 is 0. The predicted octanol–water partition coefficient (Wildman–Crippen LogP) is 1.56. The zero-order valence-electron chi connectivity index (χ0n) is 17.4. The lowest BCUT2D eigenvalue weighted by Crippen LogP contribution is -2.55. The summed E-state index contributed by atoms with van der Waals surface area (Å²) in [5.41, 5.74) is 0.778. The van der Waals surface area contributed by atoms with Crippen molar-refractivity contribution in [2.24, 2.45) is 5.92 Å². The Labute approximate surface area is 167 Å². The summed E-state index contributed by atoms with van der Waals surface area (Å²) in [4.78, 5) is 30.6. The number of hydrogen-bond acceptors (Lipinski definition) is 4. The van der Waals surface area contributed by atoms with Crippen molar-refractivity contribution < 1.29 is 14.0 Å². The summed E-state index contributed by atoms with van der Waals surface area (Å²) in [5, 5.41) is 2.94. The third-order valence-electron chi connectivity index (χ3n) is 5.07. The molecule has 0 aromatic heterocycles. The van der Waals surface area contributed by atoms with Gasteiger partial charge in [-0.3, -0.25) is 19.4 Å². The van der Waals surface area contributed by atoms with E-state index in [9.17, 15) is 14.0 Å². The molecule has 0 spiro atoms. The van der Waals surface area contributed by atoms with Gasteiger partial charge in [0.05, 0.1) is 12.6 Å². The highest BCUT2D eigenvalue weighted by Crippen LogP contribution is 2.11. The summed E-state index contributed by atoms with van der Waals surface area (Å²) < 4.78 is 13.3. The minimum absolute atomic E-state index is 0.0207. The highest BCUT2D eigenvalue weighted by Gasteiger charge is 2.28. The van der Waals surface area contributed by atoms with Crippen molar-refractivity contribution in [1.82, 2.24) is 20.0 Å². The molecule has 1 atom stereocenters. The van der Waals surface area contributed by atoms with Crippen LogP contribution in [0.5, 0.6) is 0 Å². The van der Waals surface area contributed by atoms with E-state index < -0.39 is 0 Å². The minimum atomic E-state index is -0.292. The lowest BCUT2D eigenvalue weighted by atomic mass is 10.1. The third-order valence-corrected chi connectivity index (χ3v) is 5.07. The predicted molar refractivity (Wildman–Crippen MR) is 108 cm³/mol. The van der Waals surface area contributed by atoms with Gasteiger partial charge in [-0.15, -0.1) is 0 Å². The molecule has 1 fully saturated rings. The van der Waals surface area contributed by atoms with Crippen LogP contribution in [0, 0.1) is 11.7 Å². The number of amides is 2. The largest absolute Gasteiger partial charge is 0.355 e. The summed E-state index contributed by atoms with van der Waals surface area (Å²) in [6.07, 6.45) is 0. The standard InChI is InChI=1S/C21H33FN4O2/c1-16(2)13-23-20(27)15-25-8-10-26(11-9-25)17(3)21(28)24(4)14-18-6-5-7-19(22)12-18/h5-7,12,16-17H,8-11,13-15H2,1-4H3,(H,23,27). The Morgan fingerprint density at radius 3 is 2.46 bits per heavy atom. The van der Waals surface area contributed by atoms with Crippen LogP contribution in [0.15, 0.2) is 24.3 Å². The number of rotatable bonds is 8. The van der Waals surface area contributed by atoms with Crippen molar-refractivity contribution >= 4 is 11.8 Å². The number of nitrogens with zero attached hydrogens (tertiary/aromatic N) is 3. The Kier molecular flexibility index (Phi) is 8.38. The number of benzene rings is 1. The molecule has 0 radical (unpaired) electrons. The molecule has 1 aliphatic rings. The van der Waals surface area contributed by atoms with Gasteiger partial charge >= 0.3 is 0 Å². The Morgan fingerprint density at radius 1 is 1.18 bits per heavy atom. The molecule has 1 aromatic rings. The molecule has 1 saturated heterocycles. The number of piperazine rings is 1. The molecule has 1 aromatic carbocycles. The van der Waals surface area contributed by atoms with Gasteiger partial charge in [-0.1, -0.05) is 26.0 Å². The van der Waals surface area contributed by atoms with E-state index in [1.54, 1.807) is 18.0 Å². The van der Waals surface area contributed by atoms with Crippen LogP contribution in [-0.4, -0.2) is 78.9 Å². The summed E-state index contributed by atoms with van der Waals surface area (Å²) in [7, 11) is 1.75. The van der Waals surface area contributed by atoms with E-state index in [0.717, 1.165) is 31.7 Å². The van der Waals surface area contributed by atoms with Crippen LogP contribution in [0.4, 0.5) is 4.39 Å². The Balaban J connectivity index is 1.78. The minimum Gasteiger partial charge on any atom is -0.355 e. The maximum Gasteiger partial charge on any atom is 0.239 e. The summed E-state index contributed by atoms with van der Waals surface area (Å²) in [6, 6.07) is 6.09. The molecular formula is C21H33FN4O2. The van der Waals surface area contributed by atoms with E-state index in [-0.39, 0.29) is 23.7 Å². The van der Waals surface area contributed by atoms with E-state index in [1.165, 1.54) is 12.1 Å². The Bertz CT molecular complexity index is 660. The van der Waals surface area contributed by atoms with Crippen LogP contribution in [-0.2, 0) is 16.1 Å². The van der Waals surface area contributed by atoms with Crippen LogP contribution >= 0.6 is 0 Å². The second kappa shape index (κ2) is 10.5. The second-order valence-corrected chi connectivity index (χ2v) is 8.01. The molecule has 0 saturated carbocycles. The van der Waals surface area contributed by atoms with Crippen LogP contribution in [0.25, 0.3) is 0 Å². The van der Waals surface area contributed by atoms with Crippen molar-refractivity contribution in [1.29, 1.82) is 0 Å². The smallest absolute Gasteiger partial charge is 0.239 e. The molecule has 6 nitrogen and oxygen atoms in total. The first-order valence-corrected chi connectivity index (χ1v) is 9.98. The average molecular weight is 393 g/mol. The van der Waals surface area contributed by atoms with Crippen molar-refractivity contribution in [2.45, 2.75) is 33.4 Å². The van der Waals surface area contributed by atoms with Crippen LogP contribution < -0.4 is 5.32 Å². The highest BCUT2D eigenvalue weighted by molar-refractivity contribution is 5.81. The van der Waals surface area contributed by atoms with Gasteiger partial charge in [-0.05, 0) is 30.5 Å². The fourth-order valence-electron chi connectivity index (χ4n) is 3.35. The number of carbonyl (C=O) groups is 2. The first kappa shape index (κ1) is 22.3.